The number of ether oxygens (including phenoxy) is 1. The fourth-order valence-electron chi connectivity index (χ4n) is 1.48. The minimum atomic E-state index is -0.777. The predicted molar refractivity (Wildman–Crippen MR) is 80.4 cm³/mol. The lowest BCUT2D eigenvalue weighted by atomic mass is 10.2. The van der Waals surface area contributed by atoms with Crippen molar-refractivity contribution in [3.63, 3.8) is 0 Å². The number of carbonyl (C=O) groups is 2. The number of benzene rings is 1. The van der Waals surface area contributed by atoms with Gasteiger partial charge < -0.3 is 21.1 Å². The van der Waals surface area contributed by atoms with Crippen molar-refractivity contribution < 1.29 is 14.3 Å². The molecule has 0 bridgehead atoms. The van der Waals surface area contributed by atoms with Crippen LogP contribution in [0.2, 0.25) is 0 Å². The molecule has 0 saturated heterocycles. The molecule has 1 aromatic rings. The molecule has 4 N–H and O–H groups in total. The quantitative estimate of drug-likeness (QED) is 0.711. The summed E-state index contributed by atoms with van der Waals surface area (Å²) in [5, 5.41) is 5.18. The molecule has 20 heavy (non-hydrogen) atoms. The topological polar surface area (TPSA) is 93.4 Å². The Bertz CT molecular complexity index is 494. The molecule has 110 valence electrons. The molecule has 0 aliphatic rings. The van der Waals surface area contributed by atoms with E-state index in [4.69, 9.17) is 10.5 Å². The van der Waals surface area contributed by atoms with Gasteiger partial charge in [0.1, 0.15) is 6.04 Å². The molecule has 1 aromatic carbocycles. The third kappa shape index (κ3) is 5.28. The van der Waals surface area contributed by atoms with E-state index in [0.29, 0.717) is 5.69 Å². The average Bonchev–Trinajstić information content (AvgIpc) is 2.40. The van der Waals surface area contributed by atoms with Crippen molar-refractivity contribution in [2.24, 2.45) is 5.73 Å². The number of hydrogen-bond acceptors (Lipinski definition) is 4. The summed E-state index contributed by atoms with van der Waals surface area (Å²) >= 11 is 3.33. The SMILES string of the molecule is COCC(N)C(=O)NCC(=O)Nc1cc(Br)ccc1C. The van der Waals surface area contributed by atoms with Gasteiger partial charge in [-0.05, 0) is 24.6 Å². The smallest absolute Gasteiger partial charge is 0.243 e. The third-order valence-electron chi connectivity index (χ3n) is 2.58. The van der Waals surface area contributed by atoms with Gasteiger partial charge in [-0.3, -0.25) is 9.59 Å². The number of nitrogens with two attached hydrogens (primary N) is 1. The Hall–Kier alpha value is -1.44. The van der Waals surface area contributed by atoms with Crippen molar-refractivity contribution in [2.45, 2.75) is 13.0 Å². The maximum Gasteiger partial charge on any atom is 0.243 e. The van der Waals surface area contributed by atoms with E-state index in [-0.39, 0.29) is 19.1 Å². The first-order valence-corrected chi connectivity index (χ1v) is 6.81. The summed E-state index contributed by atoms with van der Waals surface area (Å²) in [6.45, 7) is 1.86. The standard InChI is InChI=1S/C13H18BrN3O3/c1-8-3-4-9(14)5-11(8)17-12(18)6-16-13(19)10(15)7-20-2/h3-5,10H,6-7,15H2,1-2H3,(H,16,19)(H,17,18). The molecule has 0 spiro atoms. The van der Waals surface area contributed by atoms with Crippen LogP contribution in [0.3, 0.4) is 0 Å². The van der Waals surface area contributed by atoms with E-state index in [1.807, 2.05) is 19.1 Å². The normalized spacial score (nSPS) is 11.8. The zero-order valence-corrected chi connectivity index (χ0v) is 13.0. The van der Waals surface area contributed by atoms with Crippen molar-refractivity contribution in [3.8, 4) is 0 Å². The van der Waals surface area contributed by atoms with E-state index < -0.39 is 11.9 Å². The first kappa shape index (κ1) is 16.6. The molecule has 1 atom stereocenters. The Kier molecular flexibility index (Phi) is 6.63. The minimum absolute atomic E-state index is 0.109. The predicted octanol–water partition coefficient (Wildman–Crippen LogP) is 0.786. The molecule has 1 rings (SSSR count). The summed E-state index contributed by atoms with van der Waals surface area (Å²) in [6.07, 6.45) is 0. The number of methoxy groups -OCH3 is 1. The first-order chi connectivity index (χ1) is 9.43. The van der Waals surface area contributed by atoms with Gasteiger partial charge >= 0.3 is 0 Å². The number of amides is 2. The van der Waals surface area contributed by atoms with Crippen LogP contribution in [0.15, 0.2) is 22.7 Å². The van der Waals surface area contributed by atoms with Crippen LogP contribution >= 0.6 is 15.9 Å². The summed E-state index contributed by atoms with van der Waals surface area (Å²) in [4.78, 5) is 23.3. The molecule has 1 unspecified atom stereocenters. The number of aryl methyl sites for hydroxylation is 1. The lowest BCUT2D eigenvalue weighted by Gasteiger charge is -2.12. The number of anilines is 1. The lowest BCUT2D eigenvalue weighted by Crippen LogP contribution is -2.45. The van der Waals surface area contributed by atoms with E-state index in [1.165, 1.54) is 7.11 Å². The van der Waals surface area contributed by atoms with E-state index >= 15 is 0 Å². The molecule has 0 heterocycles. The largest absolute Gasteiger partial charge is 0.383 e. The zero-order chi connectivity index (χ0) is 15.1. The van der Waals surface area contributed by atoms with Crippen LogP contribution in [0, 0.1) is 6.92 Å². The number of rotatable bonds is 6. The summed E-state index contributed by atoms with van der Waals surface area (Å²) in [7, 11) is 1.45. The summed E-state index contributed by atoms with van der Waals surface area (Å²) in [5.41, 5.74) is 7.16. The lowest BCUT2D eigenvalue weighted by molar-refractivity contribution is -0.126. The van der Waals surface area contributed by atoms with Gasteiger partial charge in [-0.1, -0.05) is 22.0 Å². The molecule has 7 heteroatoms. The molecule has 0 aromatic heterocycles. The zero-order valence-electron chi connectivity index (χ0n) is 11.4. The van der Waals surface area contributed by atoms with Crippen LogP contribution in [0.5, 0.6) is 0 Å². The molecule has 0 fully saturated rings. The van der Waals surface area contributed by atoms with Gasteiger partial charge in [0.25, 0.3) is 0 Å². The van der Waals surface area contributed by atoms with Gasteiger partial charge in [-0.15, -0.1) is 0 Å². The highest BCUT2D eigenvalue weighted by atomic mass is 79.9. The van der Waals surface area contributed by atoms with Crippen LogP contribution in [0.4, 0.5) is 5.69 Å². The highest BCUT2D eigenvalue weighted by Crippen LogP contribution is 2.20. The molecule has 0 saturated carbocycles. The van der Waals surface area contributed by atoms with Crippen molar-refractivity contribution in [2.75, 3.05) is 25.6 Å². The number of nitrogens with one attached hydrogen (secondary N) is 2. The van der Waals surface area contributed by atoms with Crippen molar-refractivity contribution in [1.82, 2.24) is 5.32 Å². The van der Waals surface area contributed by atoms with Crippen LogP contribution in [0.1, 0.15) is 5.56 Å². The van der Waals surface area contributed by atoms with Gasteiger partial charge in [0.05, 0.1) is 13.2 Å². The Labute approximate surface area is 126 Å². The molecule has 0 radical (unpaired) electrons. The van der Waals surface area contributed by atoms with Gasteiger partial charge in [0.2, 0.25) is 11.8 Å². The second-order valence-corrected chi connectivity index (χ2v) is 5.20. The second-order valence-electron chi connectivity index (χ2n) is 4.29. The molecular formula is C13H18BrN3O3. The minimum Gasteiger partial charge on any atom is -0.383 e. The van der Waals surface area contributed by atoms with E-state index in [1.54, 1.807) is 6.07 Å². The third-order valence-corrected chi connectivity index (χ3v) is 3.07. The molecule has 0 aliphatic heterocycles. The van der Waals surface area contributed by atoms with E-state index in [2.05, 4.69) is 26.6 Å². The van der Waals surface area contributed by atoms with E-state index in [0.717, 1.165) is 10.0 Å². The summed E-state index contributed by atoms with van der Waals surface area (Å²) in [5.74, 6) is -0.739. The Morgan fingerprint density at radius 1 is 1.45 bits per heavy atom. The van der Waals surface area contributed by atoms with Gasteiger partial charge in [0.15, 0.2) is 0 Å². The van der Waals surface area contributed by atoms with Gasteiger partial charge in [-0.2, -0.15) is 0 Å². The maximum atomic E-state index is 11.7. The average molecular weight is 344 g/mol. The van der Waals surface area contributed by atoms with Crippen molar-refractivity contribution in [1.29, 1.82) is 0 Å². The van der Waals surface area contributed by atoms with Crippen LogP contribution in [0.25, 0.3) is 0 Å². The Morgan fingerprint density at radius 3 is 2.80 bits per heavy atom. The van der Waals surface area contributed by atoms with Crippen molar-refractivity contribution >= 4 is 33.4 Å². The summed E-state index contributed by atoms with van der Waals surface area (Å²) in [6, 6.07) is 4.79. The Morgan fingerprint density at radius 2 is 2.15 bits per heavy atom. The van der Waals surface area contributed by atoms with Crippen molar-refractivity contribution in [3.05, 3.63) is 28.2 Å². The van der Waals surface area contributed by atoms with Crippen LogP contribution < -0.4 is 16.4 Å². The molecular weight excluding hydrogens is 326 g/mol. The van der Waals surface area contributed by atoms with Crippen LogP contribution in [-0.4, -0.2) is 38.1 Å². The van der Waals surface area contributed by atoms with E-state index in [9.17, 15) is 9.59 Å². The van der Waals surface area contributed by atoms with Gasteiger partial charge in [-0.25, -0.2) is 0 Å². The highest BCUT2D eigenvalue weighted by molar-refractivity contribution is 9.10. The fraction of sp³-hybridized carbons (Fsp3) is 0.385. The number of hydrogen-bond donors (Lipinski definition) is 3. The molecule has 2 amide bonds. The second kappa shape index (κ2) is 7.98. The maximum absolute atomic E-state index is 11.7. The highest BCUT2D eigenvalue weighted by Gasteiger charge is 2.14. The first-order valence-electron chi connectivity index (χ1n) is 6.02. The number of halogens is 1. The van der Waals surface area contributed by atoms with Crippen LogP contribution in [-0.2, 0) is 14.3 Å². The molecule has 6 nitrogen and oxygen atoms in total. The van der Waals surface area contributed by atoms with Gasteiger partial charge in [0, 0.05) is 17.3 Å². The molecule has 0 aliphatic carbocycles. The fourth-order valence-corrected chi connectivity index (χ4v) is 1.84. The Balaban J connectivity index is 2.48. The monoisotopic (exact) mass is 343 g/mol. The number of carbonyl (C=O) groups excluding carboxylic acids is 2. The summed E-state index contributed by atoms with van der Waals surface area (Å²) < 4.78 is 5.63.